The van der Waals surface area contributed by atoms with E-state index in [-0.39, 0.29) is 5.91 Å². The maximum absolute atomic E-state index is 12.7. The molecular weight excluding hydrogens is 326 g/mol. The Morgan fingerprint density at radius 3 is 2.35 bits per heavy atom. The smallest absolute Gasteiger partial charge is 0.270 e. The number of carbonyl (C=O) groups excluding carboxylic acids is 2. The van der Waals surface area contributed by atoms with Crippen molar-refractivity contribution in [2.24, 2.45) is 0 Å². The van der Waals surface area contributed by atoms with Gasteiger partial charge in [0.25, 0.3) is 5.91 Å². The normalized spacial score (nSPS) is 16.2. The summed E-state index contributed by atoms with van der Waals surface area (Å²) >= 11 is 6.66. The number of rotatable bonds is 3. The van der Waals surface area contributed by atoms with E-state index in [9.17, 15) is 9.59 Å². The lowest BCUT2D eigenvalue weighted by atomic mass is 10.1. The SMILES string of the molecule is Cc1ccccc1N1C(=O)/C(=C/c2ccc(C=O)cc2)SC1=S. The summed E-state index contributed by atoms with van der Waals surface area (Å²) in [5, 5.41) is 0. The first-order valence-electron chi connectivity index (χ1n) is 6.99. The topological polar surface area (TPSA) is 37.4 Å². The van der Waals surface area contributed by atoms with Gasteiger partial charge in [-0.1, -0.05) is 66.4 Å². The van der Waals surface area contributed by atoms with Gasteiger partial charge >= 0.3 is 0 Å². The molecule has 0 unspecified atom stereocenters. The molecule has 114 valence electrons. The fourth-order valence-electron chi connectivity index (χ4n) is 2.31. The quantitative estimate of drug-likeness (QED) is 0.477. The minimum absolute atomic E-state index is 0.117. The molecule has 1 aliphatic rings. The molecule has 1 fully saturated rings. The summed E-state index contributed by atoms with van der Waals surface area (Å²) < 4.78 is 0.528. The van der Waals surface area contributed by atoms with Crippen LogP contribution in [0.3, 0.4) is 0 Å². The number of aryl methyl sites for hydroxylation is 1. The van der Waals surface area contributed by atoms with Gasteiger partial charge in [0, 0.05) is 5.56 Å². The molecule has 23 heavy (non-hydrogen) atoms. The highest BCUT2D eigenvalue weighted by Gasteiger charge is 2.33. The van der Waals surface area contributed by atoms with Crippen molar-refractivity contribution in [3.05, 3.63) is 70.1 Å². The molecule has 2 aromatic carbocycles. The van der Waals surface area contributed by atoms with Gasteiger partial charge in [0.2, 0.25) is 0 Å². The van der Waals surface area contributed by atoms with Gasteiger partial charge in [-0.2, -0.15) is 0 Å². The zero-order chi connectivity index (χ0) is 16.4. The van der Waals surface area contributed by atoms with Gasteiger partial charge in [-0.05, 0) is 30.2 Å². The molecule has 0 aromatic heterocycles. The third-order valence-corrected chi connectivity index (χ3v) is 4.82. The Bertz CT molecular complexity index is 825. The van der Waals surface area contributed by atoms with Crippen LogP contribution in [0.25, 0.3) is 6.08 Å². The van der Waals surface area contributed by atoms with E-state index >= 15 is 0 Å². The van der Waals surface area contributed by atoms with E-state index in [1.165, 1.54) is 11.8 Å². The second-order valence-corrected chi connectivity index (χ2v) is 6.76. The van der Waals surface area contributed by atoms with Crippen LogP contribution in [-0.2, 0) is 4.79 Å². The van der Waals surface area contributed by atoms with Crippen LogP contribution in [0.1, 0.15) is 21.5 Å². The summed E-state index contributed by atoms with van der Waals surface area (Å²) in [5.41, 5.74) is 3.28. The molecular formula is C18H13NO2S2. The summed E-state index contributed by atoms with van der Waals surface area (Å²) in [4.78, 5) is 25.5. The highest BCUT2D eigenvalue weighted by Crippen LogP contribution is 2.37. The maximum atomic E-state index is 12.7. The molecule has 0 saturated carbocycles. The van der Waals surface area contributed by atoms with E-state index in [4.69, 9.17) is 12.2 Å². The van der Waals surface area contributed by atoms with E-state index in [0.29, 0.717) is 14.8 Å². The van der Waals surface area contributed by atoms with E-state index in [1.807, 2.05) is 43.3 Å². The van der Waals surface area contributed by atoms with Gasteiger partial charge in [0.1, 0.15) is 6.29 Å². The lowest BCUT2D eigenvalue weighted by molar-refractivity contribution is -0.113. The van der Waals surface area contributed by atoms with E-state index in [1.54, 1.807) is 23.1 Å². The predicted octanol–water partition coefficient (Wildman–Crippen LogP) is 4.21. The summed E-state index contributed by atoms with van der Waals surface area (Å²) in [6.45, 7) is 1.95. The van der Waals surface area contributed by atoms with Gasteiger partial charge in [-0.25, -0.2) is 0 Å². The fraction of sp³-hybridized carbons (Fsp3) is 0.0556. The van der Waals surface area contributed by atoms with Crippen LogP contribution in [0.5, 0.6) is 0 Å². The number of para-hydroxylation sites is 1. The first-order valence-corrected chi connectivity index (χ1v) is 8.21. The maximum Gasteiger partial charge on any atom is 0.270 e. The average molecular weight is 339 g/mol. The Kier molecular flexibility index (Phi) is 4.41. The third-order valence-electron chi connectivity index (χ3n) is 3.52. The van der Waals surface area contributed by atoms with Crippen molar-refractivity contribution in [3.63, 3.8) is 0 Å². The number of anilines is 1. The molecule has 0 bridgehead atoms. The number of hydrogen-bond acceptors (Lipinski definition) is 4. The minimum atomic E-state index is -0.117. The van der Waals surface area contributed by atoms with Crippen molar-refractivity contribution >= 4 is 52.3 Å². The minimum Gasteiger partial charge on any atom is -0.298 e. The monoisotopic (exact) mass is 339 g/mol. The predicted molar refractivity (Wildman–Crippen MR) is 98.7 cm³/mol. The largest absolute Gasteiger partial charge is 0.298 e. The molecule has 1 saturated heterocycles. The number of benzene rings is 2. The van der Waals surface area contributed by atoms with Crippen LogP contribution in [0.4, 0.5) is 5.69 Å². The summed E-state index contributed by atoms with van der Waals surface area (Å²) in [6, 6.07) is 14.7. The Morgan fingerprint density at radius 2 is 1.70 bits per heavy atom. The number of hydrogen-bond donors (Lipinski definition) is 0. The zero-order valence-corrected chi connectivity index (χ0v) is 14.0. The molecule has 2 aromatic rings. The van der Waals surface area contributed by atoms with Crippen molar-refractivity contribution < 1.29 is 9.59 Å². The molecule has 1 amide bonds. The van der Waals surface area contributed by atoms with Crippen LogP contribution in [0.15, 0.2) is 53.4 Å². The Labute approximate surface area is 144 Å². The Morgan fingerprint density at radius 1 is 1.04 bits per heavy atom. The Balaban J connectivity index is 1.93. The molecule has 0 N–H and O–H groups in total. The summed E-state index contributed by atoms with van der Waals surface area (Å²) in [7, 11) is 0. The molecule has 3 rings (SSSR count). The standard InChI is InChI=1S/C18H13NO2S2/c1-12-4-2-3-5-15(12)19-17(21)16(23-18(19)22)10-13-6-8-14(11-20)9-7-13/h2-11H,1H3/b16-10-. The second-order valence-electron chi connectivity index (χ2n) is 5.09. The highest BCUT2D eigenvalue weighted by molar-refractivity contribution is 8.27. The number of thiocarbonyl (C=S) groups is 1. The zero-order valence-electron chi connectivity index (χ0n) is 12.4. The number of amides is 1. The lowest BCUT2D eigenvalue weighted by Crippen LogP contribution is -2.28. The van der Waals surface area contributed by atoms with Gasteiger partial charge < -0.3 is 0 Å². The summed E-state index contributed by atoms with van der Waals surface area (Å²) in [6.07, 6.45) is 2.59. The van der Waals surface area contributed by atoms with Gasteiger partial charge in [0.05, 0.1) is 10.6 Å². The first-order chi connectivity index (χ1) is 11.1. The molecule has 1 heterocycles. The molecule has 0 atom stereocenters. The molecule has 1 aliphatic heterocycles. The number of nitrogens with zero attached hydrogens (tertiary/aromatic N) is 1. The van der Waals surface area contributed by atoms with Crippen molar-refractivity contribution in [3.8, 4) is 0 Å². The Hall–Kier alpha value is -2.24. The molecule has 0 radical (unpaired) electrons. The van der Waals surface area contributed by atoms with Crippen molar-refractivity contribution in [1.29, 1.82) is 0 Å². The molecule has 3 nitrogen and oxygen atoms in total. The van der Waals surface area contributed by atoms with Crippen LogP contribution < -0.4 is 4.90 Å². The van der Waals surface area contributed by atoms with Crippen molar-refractivity contribution in [1.82, 2.24) is 0 Å². The van der Waals surface area contributed by atoms with Crippen LogP contribution in [0, 0.1) is 6.92 Å². The average Bonchev–Trinajstić information content (AvgIpc) is 2.83. The second kappa shape index (κ2) is 6.48. The molecule has 5 heteroatoms. The lowest BCUT2D eigenvalue weighted by Gasteiger charge is -2.16. The van der Waals surface area contributed by atoms with Crippen LogP contribution in [0.2, 0.25) is 0 Å². The molecule has 0 spiro atoms. The third kappa shape index (κ3) is 3.11. The van der Waals surface area contributed by atoms with E-state index in [2.05, 4.69) is 0 Å². The number of carbonyl (C=O) groups is 2. The highest BCUT2D eigenvalue weighted by atomic mass is 32.2. The van der Waals surface area contributed by atoms with Gasteiger partial charge in [0.15, 0.2) is 4.32 Å². The van der Waals surface area contributed by atoms with Gasteiger partial charge in [-0.3, -0.25) is 14.5 Å². The summed E-state index contributed by atoms with van der Waals surface area (Å²) in [5.74, 6) is -0.117. The van der Waals surface area contributed by atoms with Gasteiger partial charge in [-0.15, -0.1) is 0 Å². The molecule has 0 aliphatic carbocycles. The van der Waals surface area contributed by atoms with E-state index in [0.717, 1.165) is 23.1 Å². The van der Waals surface area contributed by atoms with Crippen molar-refractivity contribution in [2.75, 3.05) is 4.90 Å². The van der Waals surface area contributed by atoms with Crippen molar-refractivity contribution in [2.45, 2.75) is 6.92 Å². The fourth-order valence-corrected chi connectivity index (χ4v) is 3.60. The van der Waals surface area contributed by atoms with E-state index < -0.39 is 0 Å². The number of thioether (sulfide) groups is 1. The van der Waals surface area contributed by atoms with Crippen LogP contribution in [-0.4, -0.2) is 16.5 Å². The van der Waals surface area contributed by atoms with Crippen LogP contribution >= 0.6 is 24.0 Å². The number of aldehydes is 1. The first kappa shape index (κ1) is 15.6.